The van der Waals surface area contributed by atoms with E-state index in [2.05, 4.69) is 24.3 Å². The summed E-state index contributed by atoms with van der Waals surface area (Å²) in [5, 5.41) is 10.1. The Kier molecular flexibility index (Phi) is 3.09. The molecular formula is C15H20O2. The maximum atomic E-state index is 12.0. The molecule has 0 radical (unpaired) electrons. The fourth-order valence-electron chi connectivity index (χ4n) is 2.41. The summed E-state index contributed by atoms with van der Waals surface area (Å²) in [6.45, 7) is 5.73. The van der Waals surface area contributed by atoms with E-state index in [-0.39, 0.29) is 11.7 Å². The number of aryl methyl sites for hydroxylation is 1. The molecule has 1 aliphatic rings. The molecule has 0 amide bonds. The molecule has 17 heavy (non-hydrogen) atoms. The Bertz CT molecular complexity index is 417. The molecule has 1 aliphatic carbocycles. The molecule has 2 nitrogen and oxygen atoms in total. The summed E-state index contributed by atoms with van der Waals surface area (Å²) < 4.78 is 0. The minimum atomic E-state index is -0.582. The summed E-state index contributed by atoms with van der Waals surface area (Å²) in [7, 11) is 0. The highest BCUT2D eigenvalue weighted by atomic mass is 16.3. The minimum Gasteiger partial charge on any atom is -0.392 e. The second-order valence-corrected chi connectivity index (χ2v) is 5.71. The molecule has 1 aromatic carbocycles. The van der Waals surface area contributed by atoms with Crippen LogP contribution in [0.25, 0.3) is 0 Å². The molecule has 2 atom stereocenters. The molecule has 1 saturated carbocycles. The van der Waals surface area contributed by atoms with E-state index in [1.54, 1.807) is 0 Å². The first-order valence-corrected chi connectivity index (χ1v) is 6.19. The van der Waals surface area contributed by atoms with Gasteiger partial charge in [-0.1, -0.05) is 43.7 Å². The molecule has 0 heterocycles. The third-order valence-corrected chi connectivity index (χ3v) is 4.04. The van der Waals surface area contributed by atoms with Crippen LogP contribution in [0.5, 0.6) is 0 Å². The van der Waals surface area contributed by atoms with Crippen LogP contribution in [0.2, 0.25) is 0 Å². The van der Waals surface area contributed by atoms with Gasteiger partial charge in [-0.3, -0.25) is 4.79 Å². The summed E-state index contributed by atoms with van der Waals surface area (Å²) in [4.78, 5) is 12.0. The Hall–Kier alpha value is -1.15. The third-order valence-electron chi connectivity index (χ3n) is 4.04. The predicted octanol–water partition coefficient (Wildman–Crippen LogP) is 2.83. The number of carbonyl (C=O) groups excluding carboxylic acids is 1. The standard InChI is InChI=1S/C15H20O2/c1-10-4-6-11(7-5-10)12-8-13(16)15(2,3)14(17)9-12/h4-7,12-13,16H,8-9H2,1-3H3. The van der Waals surface area contributed by atoms with Gasteiger partial charge in [-0.05, 0) is 24.8 Å². The van der Waals surface area contributed by atoms with E-state index in [4.69, 9.17) is 0 Å². The number of rotatable bonds is 1. The van der Waals surface area contributed by atoms with Crippen molar-refractivity contribution in [2.75, 3.05) is 0 Å². The number of hydrogen-bond donors (Lipinski definition) is 1. The highest BCUT2D eigenvalue weighted by Crippen LogP contribution is 2.40. The van der Waals surface area contributed by atoms with Crippen LogP contribution in [0.3, 0.4) is 0 Å². The van der Waals surface area contributed by atoms with Gasteiger partial charge in [0.15, 0.2) is 0 Å². The zero-order chi connectivity index (χ0) is 12.6. The fraction of sp³-hybridized carbons (Fsp3) is 0.533. The average Bonchev–Trinajstić information content (AvgIpc) is 2.27. The van der Waals surface area contributed by atoms with Gasteiger partial charge in [-0.15, -0.1) is 0 Å². The summed E-state index contributed by atoms with van der Waals surface area (Å²) in [6, 6.07) is 8.26. The molecule has 0 saturated heterocycles. The largest absolute Gasteiger partial charge is 0.392 e. The smallest absolute Gasteiger partial charge is 0.141 e. The number of aliphatic hydroxyl groups excluding tert-OH is 1. The Labute approximate surface area is 103 Å². The van der Waals surface area contributed by atoms with Crippen molar-refractivity contribution < 1.29 is 9.90 Å². The lowest BCUT2D eigenvalue weighted by molar-refractivity contribution is -0.137. The highest BCUT2D eigenvalue weighted by Gasteiger charge is 2.42. The van der Waals surface area contributed by atoms with E-state index in [1.807, 2.05) is 20.8 Å². The second kappa shape index (κ2) is 4.26. The predicted molar refractivity (Wildman–Crippen MR) is 67.9 cm³/mol. The number of aliphatic hydroxyl groups is 1. The summed E-state index contributed by atoms with van der Waals surface area (Å²) >= 11 is 0. The van der Waals surface area contributed by atoms with Crippen molar-refractivity contribution in [3.8, 4) is 0 Å². The van der Waals surface area contributed by atoms with Crippen LogP contribution in [0.1, 0.15) is 43.7 Å². The molecule has 92 valence electrons. The molecule has 2 unspecified atom stereocenters. The molecule has 0 bridgehead atoms. The Morgan fingerprint density at radius 1 is 1.24 bits per heavy atom. The first-order chi connectivity index (χ1) is 7.91. The zero-order valence-electron chi connectivity index (χ0n) is 10.7. The van der Waals surface area contributed by atoms with Gasteiger partial charge in [-0.2, -0.15) is 0 Å². The number of benzene rings is 1. The third kappa shape index (κ3) is 2.27. The molecule has 1 aromatic rings. The van der Waals surface area contributed by atoms with E-state index in [1.165, 1.54) is 11.1 Å². The van der Waals surface area contributed by atoms with Crippen LogP contribution >= 0.6 is 0 Å². The maximum Gasteiger partial charge on any atom is 0.141 e. The van der Waals surface area contributed by atoms with Gasteiger partial charge in [0.1, 0.15) is 5.78 Å². The van der Waals surface area contributed by atoms with Gasteiger partial charge in [0.2, 0.25) is 0 Å². The van der Waals surface area contributed by atoms with Crippen LogP contribution in [0, 0.1) is 12.3 Å². The molecule has 0 spiro atoms. The maximum absolute atomic E-state index is 12.0. The minimum absolute atomic E-state index is 0.168. The second-order valence-electron chi connectivity index (χ2n) is 5.71. The van der Waals surface area contributed by atoms with Crippen LogP contribution in [0.15, 0.2) is 24.3 Å². The molecule has 0 aromatic heterocycles. The molecular weight excluding hydrogens is 212 g/mol. The number of ketones is 1. The lowest BCUT2D eigenvalue weighted by Gasteiger charge is -2.37. The van der Waals surface area contributed by atoms with Crippen molar-refractivity contribution in [2.24, 2.45) is 5.41 Å². The van der Waals surface area contributed by atoms with Gasteiger partial charge in [0.05, 0.1) is 6.10 Å². The van der Waals surface area contributed by atoms with E-state index < -0.39 is 11.5 Å². The Morgan fingerprint density at radius 3 is 2.35 bits per heavy atom. The van der Waals surface area contributed by atoms with Crippen LogP contribution in [0.4, 0.5) is 0 Å². The Balaban J connectivity index is 2.20. The molecule has 1 N–H and O–H groups in total. The molecule has 0 aliphatic heterocycles. The van der Waals surface area contributed by atoms with Crippen LogP contribution in [-0.2, 0) is 4.79 Å². The number of Topliss-reactive ketones (excluding diaryl/α,β-unsaturated/α-hetero) is 1. The summed E-state index contributed by atoms with van der Waals surface area (Å²) in [6.07, 6.45) is 0.699. The quantitative estimate of drug-likeness (QED) is 0.808. The van der Waals surface area contributed by atoms with Crippen LogP contribution in [-0.4, -0.2) is 17.0 Å². The SMILES string of the molecule is Cc1ccc(C2CC(=O)C(C)(C)C(O)C2)cc1. The number of hydrogen-bond acceptors (Lipinski definition) is 2. The van der Waals surface area contributed by atoms with Crippen LogP contribution < -0.4 is 0 Å². The Morgan fingerprint density at radius 2 is 1.82 bits per heavy atom. The average molecular weight is 232 g/mol. The van der Waals surface area contributed by atoms with Crippen molar-refractivity contribution in [3.63, 3.8) is 0 Å². The topological polar surface area (TPSA) is 37.3 Å². The first kappa shape index (κ1) is 12.3. The van der Waals surface area contributed by atoms with E-state index in [0.717, 1.165) is 0 Å². The lowest BCUT2D eigenvalue weighted by Crippen LogP contribution is -2.43. The van der Waals surface area contributed by atoms with E-state index >= 15 is 0 Å². The van der Waals surface area contributed by atoms with Crippen molar-refractivity contribution in [2.45, 2.75) is 45.6 Å². The number of carbonyl (C=O) groups is 1. The van der Waals surface area contributed by atoms with Gasteiger partial charge >= 0.3 is 0 Å². The summed E-state index contributed by atoms with van der Waals surface area (Å²) in [5.74, 6) is 0.341. The molecule has 2 heteroatoms. The van der Waals surface area contributed by atoms with Crippen molar-refractivity contribution in [3.05, 3.63) is 35.4 Å². The molecule has 2 rings (SSSR count). The van der Waals surface area contributed by atoms with Crippen molar-refractivity contribution >= 4 is 5.78 Å². The lowest BCUT2D eigenvalue weighted by atomic mass is 9.68. The van der Waals surface area contributed by atoms with E-state index in [0.29, 0.717) is 12.8 Å². The summed E-state index contributed by atoms with van der Waals surface area (Å²) in [5.41, 5.74) is 1.80. The van der Waals surface area contributed by atoms with Gasteiger partial charge in [0.25, 0.3) is 0 Å². The van der Waals surface area contributed by atoms with Crippen molar-refractivity contribution in [1.82, 2.24) is 0 Å². The zero-order valence-corrected chi connectivity index (χ0v) is 10.7. The first-order valence-electron chi connectivity index (χ1n) is 6.19. The molecule has 1 fully saturated rings. The van der Waals surface area contributed by atoms with Gasteiger partial charge in [0, 0.05) is 11.8 Å². The normalized spacial score (nSPS) is 28.1. The fourth-order valence-corrected chi connectivity index (χ4v) is 2.41. The highest BCUT2D eigenvalue weighted by molar-refractivity contribution is 5.86. The van der Waals surface area contributed by atoms with Gasteiger partial charge < -0.3 is 5.11 Å². The van der Waals surface area contributed by atoms with E-state index in [9.17, 15) is 9.90 Å². The monoisotopic (exact) mass is 232 g/mol. The van der Waals surface area contributed by atoms with Gasteiger partial charge in [-0.25, -0.2) is 0 Å². The van der Waals surface area contributed by atoms with Crippen molar-refractivity contribution in [1.29, 1.82) is 0 Å².